The molecule has 0 radical (unpaired) electrons. The molecule has 3 N–H and O–H groups in total. The van der Waals surface area contributed by atoms with E-state index >= 15 is 0 Å². The average molecular weight is 340 g/mol. The van der Waals surface area contributed by atoms with Crippen LogP contribution in [0.4, 0.5) is 0 Å². The topological polar surface area (TPSA) is 55.1 Å². The van der Waals surface area contributed by atoms with Gasteiger partial charge >= 0.3 is 0 Å². The number of benzene rings is 1. The van der Waals surface area contributed by atoms with E-state index in [9.17, 15) is 4.79 Å². The number of hydrogen-bond acceptors (Lipinski definition) is 2. The summed E-state index contributed by atoms with van der Waals surface area (Å²) >= 11 is 11.9. The second-order valence-electron chi connectivity index (χ2n) is 5.24. The largest absolute Gasteiger partial charge is 0.349 e. The Morgan fingerprint density at radius 1 is 1.40 bits per heavy atom. The lowest BCUT2D eigenvalue weighted by atomic mass is 9.88. The molecular formula is C14H21Cl3N2O. The summed E-state index contributed by atoms with van der Waals surface area (Å²) in [5, 5.41) is 4.04. The van der Waals surface area contributed by atoms with E-state index in [0.29, 0.717) is 16.6 Å². The Morgan fingerprint density at radius 3 is 2.45 bits per heavy atom. The van der Waals surface area contributed by atoms with Gasteiger partial charge in [-0.3, -0.25) is 4.79 Å². The van der Waals surface area contributed by atoms with Crippen LogP contribution in [0.25, 0.3) is 0 Å². The second-order valence-corrected chi connectivity index (χ2v) is 6.08. The molecule has 0 saturated carbocycles. The van der Waals surface area contributed by atoms with Gasteiger partial charge in [0.05, 0.1) is 12.0 Å². The van der Waals surface area contributed by atoms with Crippen molar-refractivity contribution in [2.45, 2.75) is 32.7 Å². The first-order chi connectivity index (χ1) is 8.78. The summed E-state index contributed by atoms with van der Waals surface area (Å²) in [6, 6.07) is 5.12. The highest BCUT2D eigenvalue weighted by atomic mass is 35.5. The first-order valence-electron chi connectivity index (χ1n) is 6.23. The third-order valence-corrected chi connectivity index (χ3v) is 4.08. The lowest BCUT2D eigenvalue weighted by molar-refractivity contribution is -0.122. The Morgan fingerprint density at radius 2 is 2.00 bits per heavy atom. The maximum absolute atomic E-state index is 12.1. The van der Waals surface area contributed by atoms with Gasteiger partial charge in [0.15, 0.2) is 0 Å². The molecule has 3 nitrogen and oxygen atoms in total. The summed E-state index contributed by atoms with van der Waals surface area (Å²) in [4.78, 5) is 12.1. The van der Waals surface area contributed by atoms with E-state index < -0.39 is 5.54 Å². The molecule has 6 heteroatoms. The van der Waals surface area contributed by atoms with Crippen LogP contribution in [0.15, 0.2) is 18.2 Å². The SMILES string of the molecule is CC(C)C(C)(CN)NC(=O)Cc1ccc(Cl)cc1Cl.Cl. The Bertz CT molecular complexity index is 466. The maximum Gasteiger partial charge on any atom is 0.224 e. The summed E-state index contributed by atoms with van der Waals surface area (Å²) in [5.41, 5.74) is 6.09. The predicted molar refractivity (Wildman–Crippen MR) is 87.9 cm³/mol. The van der Waals surface area contributed by atoms with Crippen molar-refractivity contribution in [3.8, 4) is 0 Å². The molecule has 0 fully saturated rings. The Balaban J connectivity index is 0.00000361. The van der Waals surface area contributed by atoms with E-state index in [1.807, 2.05) is 20.8 Å². The molecule has 0 heterocycles. The summed E-state index contributed by atoms with van der Waals surface area (Å²) < 4.78 is 0. The normalized spacial score (nSPS) is 13.6. The van der Waals surface area contributed by atoms with Gasteiger partial charge in [0.2, 0.25) is 5.91 Å². The van der Waals surface area contributed by atoms with Crippen molar-refractivity contribution >= 4 is 41.5 Å². The van der Waals surface area contributed by atoms with Crippen molar-refractivity contribution in [2.75, 3.05) is 6.54 Å². The van der Waals surface area contributed by atoms with E-state index in [-0.39, 0.29) is 30.7 Å². The molecule has 1 aromatic carbocycles. The van der Waals surface area contributed by atoms with E-state index in [0.717, 1.165) is 5.56 Å². The number of carbonyl (C=O) groups excluding carboxylic acids is 1. The summed E-state index contributed by atoms with van der Waals surface area (Å²) in [7, 11) is 0. The van der Waals surface area contributed by atoms with Crippen molar-refractivity contribution in [2.24, 2.45) is 11.7 Å². The fourth-order valence-electron chi connectivity index (χ4n) is 1.63. The van der Waals surface area contributed by atoms with Crippen LogP contribution < -0.4 is 11.1 Å². The van der Waals surface area contributed by atoms with E-state index in [2.05, 4.69) is 5.32 Å². The van der Waals surface area contributed by atoms with Crippen molar-refractivity contribution in [3.63, 3.8) is 0 Å². The van der Waals surface area contributed by atoms with Crippen LogP contribution >= 0.6 is 35.6 Å². The van der Waals surface area contributed by atoms with Crippen LogP contribution in [0.3, 0.4) is 0 Å². The molecule has 0 spiro atoms. The molecule has 0 aromatic heterocycles. The summed E-state index contributed by atoms with van der Waals surface area (Å²) in [6.07, 6.45) is 0.221. The minimum absolute atomic E-state index is 0. The Labute approximate surface area is 136 Å². The van der Waals surface area contributed by atoms with Gasteiger partial charge in [-0.1, -0.05) is 43.1 Å². The van der Waals surface area contributed by atoms with Gasteiger partial charge < -0.3 is 11.1 Å². The van der Waals surface area contributed by atoms with Crippen LogP contribution in [0.5, 0.6) is 0 Å². The zero-order valence-corrected chi connectivity index (χ0v) is 14.2. The molecule has 20 heavy (non-hydrogen) atoms. The van der Waals surface area contributed by atoms with Crippen LogP contribution in [-0.2, 0) is 11.2 Å². The van der Waals surface area contributed by atoms with Gasteiger partial charge in [-0.25, -0.2) is 0 Å². The molecular weight excluding hydrogens is 319 g/mol. The van der Waals surface area contributed by atoms with Crippen LogP contribution in [-0.4, -0.2) is 18.0 Å². The molecule has 1 atom stereocenters. The van der Waals surface area contributed by atoms with Crippen molar-refractivity contribution < 1.29 is 4.79 Å². The molecule has 0 aliphatic rings. The van der Waals surface area contributed by atoms with Crippen LogP contribution in [0.1, 0.15) is 26.3 Å². The predicted octanol–water partition coefficient (Wildman–Crippen LogP) is 3.45. The number of halogens is 3. The van der Waals surface area contributed by atoms with Gasteiger partial charge in [-0.15, -0.1) is 12.4 Å². The smallest absolute Gasteiger partial charge is 0.224 e. The van der Waals surface area contributed by atoms with Crippen molar-refractivity contribution in [3.05, 3.63) is 33.8 Å². The molecule has 1 amide bonds. The number of amides is 1. The highest BCUT2D eigenvalue weighted by Gasteiger charge is 2.28. The van der Waals surface area contributed by atoms with Gasteiger partial charge in [0, 0.05) is 16.6 Å². The fourth-order valence-corrected chi connectivity index (χ4v) is 2.11. The molecule has 0 aliphatic carbocycles. The maximum atomic E-state index is 12.1. The summed E-state index contributed by atoms with van der Waals surface area (Å²) in [5.74, 6) is 0.160. The number of carbonyl (C=O) groups is 1. The van der Waals surface area contributed by atoms with Gasteiger partial charge in [0.25, 0.3) is 0 Å². The van der Waals surface area contributed by atoms with Crippen LogP contribution in [0.2, 0.25) is 10.0 Å². The monoisotopic (exact) mass is 338 g/mol. The third kappa shape index (κ3) is 5.13. The van der Waals surface area contributed by atoms with Crippen molar-refractivity contribution in [1.82, 2.24) is 5.32 Å². The Kier molecular flexibility index (Phi) is 7.89. The first-order valence-corrected chi connectivity index (χ1v) is 6.99. The second kappa shape index (κ2) is 8.08. The minimum atomic E-state index is -0.407. The van der Waals surface area contributed by atoms with Crippen molar-refractivity contribution in [1.29, 1.82) is 0 Å². The zero-order valence-electron chi connectivity index (χ0n) is 11.9. The van der Waals surface area contributed by atoms with Gasteiger partial charge in [0.1, 0.15) is 0 Å². The molecule has 0 bridgehead atoms. The number of nitrogens with one attached hydrogen (secondary N) is 1. The fraction of sp³-hybridized carbons (Fsp3) is 0.500. The molecule has 1 rings (SSSR count). The lowest BCUT2D eigenvalue weighted by Gasteiger charge is -2.33. The number of nitrogens with two attached hydrogens (primary N) is 1. The highest BCUT2D eigenvalue weighted by Crippen LogP contribution is 2.22. The minimum Gasteiger partial charge on any atom is -0.349 e. The quantitative estimate of drug-likeness (QED) is 0.863. The highest BCUT2D eigenvalue weighted by molar-refractivity contribution is 6.35. The summed E-state index contributed by atoms with van der Waals surface area (Å²) in [6.45, 7) is 6.40. The first kappa shape index (κ1) is 19.5. The van der Waals surface area contributed by atoms with Gasteiger partial charge in [-0.05, 0) is 30.5 Å². The number of hydrogen-bond donors (Lipinski definition) is 2. The molecule has 1 unspecified atom stereocenters. The molecule has 114 valence electrons. The molecule has 1 aromatic rings. The average Bonchev–Trinajstić information content (AvgIpc) is 2.32. The van der Waals surface area contributed by atoms with E-state index in [1.165, 1.54) is 0 Å². The molecule has 0 saturated heterocycles. The zero-order chi connectivity index (χ0) is 14.6. The lowest BCUT2D eigenvalue weighted by Crippen LogP contribution is -2.55. The Hall–Kier alpha value is -0.480. The van der Waals surface area contributed by atoms with E-state index in [1.54, 1.807) is 18.2 Å². The number of rotatable bonds is 5. The van der Waals surface area contributed by atoms with Crippen LogP contribution in [0, 0.1) is 5.92 Å². The van der Waals surface area contributed by atoms with E-state index in [4.69, 9.17) is 28.9 Å². The third-order valence-electron chi connectivity index (χ3n) is 3.49. The van der Waals surface area contributed by atoms with Gasteiger partial charge in [-0.2, -0.15) is 0 Å². The molecule has 0 aliphatic heterocycles. The standard InChI is InChI=1S/C14H20Cl2N2O.ClH/c1-9(2)14(3,8-17)18-13(19)6-10-4-5-11(15)7-12(10)16;/h4-5,7,9H,6,8,17H2,1-3H3,(H,18,19);1H.